The second-order valence-electron chi connectivity index (χ2n) is 5.77. The first-order valence-electron chi connectivity index (χ1n) is 6.93. The van der Waals surface area contributed by atoms with E-state index in [1.54, 1.807) is 13.8 Å². The number of rotatable bonds is 3. The van der Waals surface area contributed by atoms with Gasteiger partial charge in [0.05, 0.1) is 12.3 Å². The second kappa shape index (κ2) is 5.34. The Bertz CT molecular complexity index is 566. The number of nitrogens with one attached hydrogen (secondary N) is 1. The third kappa shape index (κ3) is 2.91. The number of nitrogens with zero attached hydrogens (tertiary/aromatic N) is 2. The van der Waals surface area contributed by atoms with Crippen LogP contribution in [-0.2, 0) is 19.1 Å². The van der Waals surface area contributed by atoms with Gasteiger partial charge in [-0.3, -0.25) is 9.59 Å². The van der Waals surface area contributed by atoms with Gasteiger partial charge in [-0.2, -0.15) is 0 Å². The summed E-state index contributed by atoms with van der Waals surface area (Å²) in [6, 6.07) is 0. The summed E-state index contributed by atoms with van der Waals surface area (Å²) < 4.78 is 10.7. The first kappa shape index (κ1) is 14.4. The van der Waals surface area contributed by atoms with E-state index < -0.39 is 11.5 Å². The van der Waals surface area contributed by atoms with Crippen molar-refractivity contribution in [1.29, 1.82) is 0 Å². The lowest BCUT2D eigenvalue weighted by Gasteiger charge is -2.23. The number of carbonyl (C=O) groups is 2. The quantitative estimate of drug-likeness (QED) is 0.854. The topological polar surface area (TPSA) is 90.4 Å². The Kier molecular flexibility index (Phi) is 3.66. The van der Waals surface area contributed by atoms with E-state index in [-0.39, 0.29) is 24.4 Å². The third-order valence-corrected chi connectivity index (χ3v) is 4.71. The summed E-state index contributed by atoms with van der Waals surface area (Å²) >= 11 is 1.31. The van der Waals surface area contributed by atoms with Crippen LogP contribution in [0.5, 0.6) is 0 Å². The van der Waals surface area contributed by atoms with Gasteiger partial charge in [0.15, 0.2) is 0 Å². The molecule has 1 aromatic rings. The van der Waals surface area contributed by atoms with E-state index in [1.165, 1.54) is 11.3 Å². The van der Waals surface area contributed by atoms with Gasteiger partial charge in [0.1, 0.15) is 16.7 Å². The Hall–Kier alpha value is -1.54. The maximum Gasteiger partial charge on any atom is 0.307 e. The van der Waals surface area contributed by atoms with E-state index in [9.17, 15) is 9.59 Å². The smallest absolute Gasteiger partial charge is 0.307 e. The number of ether oxygens (including phenoxy) is 2. The van der Waals surface area contributed by atoms with Crippen LogP contribution in [0.4, 0.5) is 5.13 Å². The molecular weight excluding hydrogens is 294 g/mol. The molecule has 0 unspecified atom stereocenters. The standard InChI is InChI=1S/C13H17N3O4S/c1-13(2)7(6-9(17)20-13)10(18)14-12-16-15-11(21-12)8-4-3-5-19-8/h7-8H,3-6H2,1-2H3,(H,14,16,18)/t7-,8-/m0/s1. The Morgan fingerprint density at radius 2 is 2.24 bits per heavy atom. The summed E-state index contributed by atoms with van der Waals surface area (Å²) in [5, 5.41) is 12.0. The summed E-state index contributed by atoms with van der Waals surface area (Å²) in [5.74, 6) is -1.13. The average molecular weight is 311 g/mol. The molecule has 2 atom stereocenters. The lowest BCUT2D eigenvalue weighted by Crippen LogP contribution is -2.36. The van der Waals surface area contributed by atoms with Crippen molar-refractivity contribution in [2.24, 2.45) is 5.92 Å². The SMILES string of the molecule is CC1(C)OC(=O)C[C@H]1C(=O)Nc1nnc([C@@H]2CCCO2)s1. The molecule has 2 saturated heterocycles. The lowest BCUT2D eigenvalue weighted by molar-refractivity contribution is -0.147. The van der Waals surface area contributed by atoms with Crippen LogP contribution >= 0.6 is 11.3 Å². The molecule has 8 heteroatoms. The number of aromatic nitrogens is 2. The Labute approximate surface area is 126 Å². The Balaban J connectivity index is 1.66. The molecule has 0 aliphatic carbocycles. The summed E-state index contributed by atoms with van der Waals surface area (Å²) in [4.78, 5) is 23.6. The molecular formula is C13H17N3O4S. The molecule has 114 valence electrons. The van der Waals surface area contributed by atoms with E-state index in [0.717, 1.165) is 24.5 Å². The first-order chi connectivity index (χ1) is 9.95. The Morgan fingerprint density at radius 3 is 2.86 bits per heavy atom. The summed E-state index contributed by atoms with van der Waals surface area (Å²) in [7, 11) is 0. The number of carbonyl (C=O) groups excluding carboxylic acids is 2. The molecule has 21 heavy (non-hydrogen) atoms. The summed E-state index contributed by atoms with van der Waals surface area (Å²) in [6.07, 6.45) is 2.03. The van der Waals surface area contributed by atoms with E-state index in [4.69, 9.17) is 9.47 Å². The van der Waals surface area contributed by atoms with Crippen molar-refractivity contribution >= 4 is 28.3 Å². The van der Waals surface area contributed by atoms with E-state index in [0.29, 0.717) is 5.13 Å². The normalized spacial score (nSPS) is 27.6. The van der Waals surface area contributed by atoms with Gasteiger partial charge in [-0.1, -0.05) is 11.3 Å². The van der Waals surface area contributed by atoms with Gasteiger partial charge >= 0.3 is 5.97 Å². The van der Waals surface area contributed by atoms with E-state index >= 15 is 0 Å². The van der Waals surface area contributed by atoms with Crippen molar-refractivity contribution in [1.82, 2.24) is 10.2 Å². The van der Waals surface area contributed by atoms with Crippen molar-refractivity contribution in [3.05, 3.63) is 5.01 Å². The average Bonchev–Trinajstić information content (AvgIpc) is 3.08. The predicted octanol–water partition coefficient (Wildman–Crippen LogP) is 1.67. The second-order valence-corrected chi connectivity index (χ2v) is 6.78. The zero-order valence-corrected chi connectivity index (χ0v) is 12.7. The highest BCUT2D eigenvalue weighted by Crippen LogP contribution is 2.35. The van der Waals surface area contributed by atoms with Crippen LogP contribution in [0.15, 0.2) is 0 Å². The largest absolute Gasteiger partial charge is 0.459 e. The van der Waals surface area contributed by atoms with Crippen LogP contribution in [0.1, 0.15) is 44.2 Å². The number of cyclic esters (lactones) is 1. The number of anilines is 1. The number of esters is 1. The molecule has 3 heterocycles. The number of hydrogen-bond acceptors (Lipinski definition) is 7. The van der Waals surface area contributed by atoms with Crippen molar-refractivity contribution in [3.63, 3.8) is 0 Å². The molecule has 0 radical (unpaired) electrons. The minimum absolute atomic E-state index is 0.0130. The molecule has 2 aliphatic heterocycles. The van der Waals surface area contributed by atoms with Crippen LogP contribution in [-0.4, -0.2) is 34.3 Å². The molecule has 2 aliphatic rings. The van der Waals surface area contributed by atoms with Crippen molar-refractivity contribution in [2.75, 3.05) is 11.9 Å². The van der Waals surface area contributed by atoms with Crippen LogP contribution in [0, 0.1) is 5.92 Å². The molecule has 1 amide bonds. The molecule has 0 bridgehead atoms. The van der Waals surface area contributed by atoms with Crippen LogP contribution in [0.3, 0.4) is 0 Å². The fourth-order valence-corrected chi connectivity index (χ4v) is 3.44. The molecule has 3 rings (SSSR count). The van der Waals surface area contributed by atoms with Gasteiger partial charge in [0.2, 0.25) is 11.0 Å². The molecule has 1 N–H and O–H groups in total. The van der Waals surface area contributed by atoms with Gasteiger partial charge in [-0.05, 0) is 26.7 Å². The highest BCUT2D eigenvalue weighted by Gasteiger charge is 2.46. The monoisotopic (exact) mass is 311 g/mol. The number of amides is 1. The molecule has 0 aromatic carbocycles. The summed E-state index contributed by atoms with van der Waals surface area (Å²) in [5.41, 5.74) is -0.788. The van der Waals surface area contributed by atoms with Crippen LogP contribution in [0.25, 0.3) is 0 Å². The zero-order chi connectivity index (χ0) is 15.0. The fraction of sp³-hybridized carbons (Fsp3) is 0.692. The zero-order valence-electron chi connectivity index (χ0n) is 11.9. The molecule has 7 nitrogen and oxygen atoms in total. The molecule has 1 aromatic heterocycles. The molecule has 0 saturated carbocycles. The van der Waals surface area contributed by atoms with Crippen LogP contribution in [0.2, 0.25) is 0 Å². The van der Waals surface area contributed by atoms with Gasteiger partial charge in [-0.25, -0.2) is 0 Å². The third-order valence-electron chi connectivity index (χ3n) is 3.78. The summed E-state index contributed by atoms with van der Waals surface area (Å²) in [6.45, 7) is 4.21. The highest BCUT2D eigenvalue weighted by molar-refractivity contribution is 7.15. The minimum Gasteiger partial charge on any atom is -0.459 e. The Morgan fingerprint density at radius 1 is 1.43 bits per heavy atom. The van der Waals surface area contributed by atoms with Gasteiger partial charge in [0, 0.05) is 6.61 Å². The van der Waals surface area contributed by atoms with Crippen molar-refractivity contribution < 1.29 is 19.1 Å². The van der Waals surface area contributed by atoms with Gasteiger partial charge < -0.3 is 14.8 Å². The fourth-order valence-electron chi connectivity index (χ4n) is 2.61. The molecule has 0 spiro atoms. The van der Waals surface area contributed by atoms with E-state index in [2.05, 4.69) is 15.5 Å². The molecule has 2 fully saturated rings. The van der Waals surface area contributed by atoms with Gasteiger partial charge in [0.25, 0.3) is 0 Å². The highest BCUT2D eigenvalue weighted by atomic mass is 32.1. The maximum absolute atomic E-state index is 12.3. The van der Waals surface area contributed by atoms with Crippen molar-refractivity contribution in [2.45, 2.75) is 44.8 Å². The van der Waals surface area contributed by atoms with Crippen molar-refractivity contribution in [3.8, 4) is 0 Å². The predicted molar refractivity (Wildman–Crippen MR) is 74.7 cm³/mol. The van der Waals surface area contributed by atoms with Gasteiger partial charge in [-0.15, -0.1) is 10.2 Å². The maximum atomic E-state index is 12.3. The van der Waals surface area contributed by atoms with Crippen LogP contribution < -0.4 is 5.32 Å². The lowest BCUT2D eigenvalue weighted by atomic mass is 9.90. The number of hydrogen-bond donors (Lipinski definition) is 1. The van der Waals surface area contributed by atoms with E-state index in [1.807, 2.05) is 0 Å². The first-order valence-corrected chi connectivity index (χ1v) is 7.75. The minimum atomic E-state index is -0.788.